The lowest BCUT2D eigenvalue weighted by molar-refractivity contribution is 0.0998. The van der Waals surface area contributed by atoms with E-state index in [1.807, 2.05) is 65.7 Å². The summed E-state index contributed by atoms with van der Waals surface area (Å²) in [5.74, 6) is -0.205. The van der Waals surface area contributed by atoms with Crippen LogP contribution < -0.4 is 4.80 Å². The second-order valence-corrected chi connectivity index (χ2v) is 5.15. The van der Waals surface area contributed by atoms with Crippen molar-refractivity contribution in [1.82, 2.24) is 4.57 Å². The Hall–Kier alpha value is -2.20. The van der Waals surface area contributed by atoms with Gasteiger partial charge in [0.1, 0.15) is 0 Å². The molecule has 0 N–H and O–H groups in total. The number of amides is 1. The number of carbonyl (C=O) groups excluding carboxylic acids is 1. The Labute approximate surface area is 114 Å². The van der Waals surface area contributed by atoms with E-state index in [1.54, 1.807) is 0 Å². The van der Waals surface area contributed by atoms with Crippen LogP contribution in [-0.4, -0.2) is 10.5 Å². The van der Waals surface area contributed by atoms with Crippen LogP contribution in [0, 0.1) is 0 Å². The van der Waals surface area contributed by atoms with E-state index >= 15 is 0 Å². The number of aromatic nitrogens is 1. The van der Waals surface area contributed by atoms with Crippen molar-refractivity contribution in [2.75, 3.05) is 0 Å². The summed E-state index contributed by atoms with van der Waals surface area (Å²) in [6.07, 6.45) is 1.89. The Morgan fingerprint density at radius 3 is 2.68 bits per heavy atom. The van der Waals surface area contributed by atoms with Gasteiger partial charge in [0.15, 0.2) is 4.80 Å². The molecule has 0 radical (unpaired) electrons. The lowest BCUT2D eigenvalue weighted by atomic mass is 10.1. The van der Waals surface area contributed by atoms with E-state index in [0.29, 0.717) is 10.4 Å². The third-order valence-corrected chi connectivity index (χ3v) is 3.80. The van der Waals surface area contributed by atoms with Crippen LogP contribution in [0.25, 0.3) is 10.8 Å². The predicted octanol–water partition coefficient (Wildman–Crippen LogP) is 2.98. The molecule has 0 saturated carbocycles. The largest absolute Gasteiger partial charge is 0.327 e. The van der Waals surface area contributed by atoms with E-state index in [4.69, 9.17) is 0 Å². The fourth-order valence-electron chi connectivity index (χ4n) is 1.91. The van der Waals surface area contributed by atoms with Gasteiger partial charge in [-0.15, -0.1) is 11.3 Å². The first-order valence-corrected chi connectivity index (χ1v) is 6.80. The number of aryl methyl sites for hydroxylation is 1. The van der Waals surface area contributed by atoms with Crippen LogP contribution >= 0.6 is 11.3 Å². The minimum absolute atomic E-state index is 0.205. The van der Waals surface area contributed by atoms with Crippen LogP contribution in [0.2, 0.25) is 0 Å². The van der Waals surface area contributed by atoms with Crippen molar-refractivity contribution < 1.29 is 4.79 Å². The number of hydrogen-bond acceptors (Lipinski definition) is 2. The molecule has 3 nitrogen and oxygen atoms in total. The lowest BCUT2D eigenvalue weighted by Gasteiger charge is -1.99. The average Bonchev–Trinajstić information content (AvgIpc) is 2.84. The number of carbonyl (C=O) groups is 1. The molecule has 3 rings (SSSR count). The van der Waals surface area contributed by atoms with Crippen molar-refractivity contribution in [3.63, 3.8) is 0 Å². The molecule has 0 unspecified atom stereocenters. The zero-order valence-electron chi connectivity index (χ0n) is 10.4. The Kier molecular flexibility index (Phi) is 3.01. The summed E-state index contributed by atoms with van der Waals surface area (Å²) in [6, 6.07) is 13.6. The van der Waals surface area contributed by atoms with Crippen molar-refractivity contribution in [3.8, 4) is 0 Å². The first kappa shape index (κ1) is 11.9. The normalized spacial score (nSPS) is 11.9. The SMILES string of the molecule is Cn1ccsc1=NC(=O)c1ccc2ccccc2c1. The van der Waals surface area contributed by atoms with Crippen molar-refractivity contribution in [2.24, 2.45) is 12.0 Å². The highest BCUT2D eigenvalue weighted by Crippen LogP contribution is 2.16. The molecule has 19 heavy (non-hydrogen) atoms. The van der Waals surface area contributed by atoms with E-state index < -0.39 is 0 Å². The number of benzene rings is 2. The highest BCUT2D eigenvalue weighted by Gasteiger charge is 2.05. The van der Waals surface area contributed by atoms with Crippen molar-refractivity contribution in [1.29, 1.82) is 0 Å². The zero-order valence-corrected chi connectivity index (χ0v) is 11.2. The molecule has 1 aromatic heterocycles. The van der Waals surface area contributed by atoms with Crippen LogP contribution in [0.15, 0.2) is 59.0 Å². The number of nitrogens with zero attached hydrogens (tertiary/aromatic N) is 2. The molecule has 0 aliphatic rings. The lowest BCUT2D eigenvalue weighted by Crippen LogP contribution is -2.12. The molecule has 0 bridgehead atoms. The average molecular weight is 268 g/mol. The molecule has 0 aliphatic carbocycles. The van der Waals surface area contributed by atoms with Gasteiger partial charge in [-0.2, -0.15) is 4.99 Å². The van der Waals surface area contributed by atoms with Crippen LogP contribution in [0.3, 0.4) is 0 Å². The van der Waals surface area contributed by atoms with Gasteiger partial charge in [-0.25, -0.2) is 0 Å². The van der Waals surface area contributed by atoms with E-state index in [2.05, 4.69) is 4.99 Å². The van der Waals surface area contributed by atoms with Gasteiger partial charge in [0.05, 0.1) is 0 Å². The van der Waals surface area contributed by atoms with E-state index in [0.717, 1.165) is 10.8 Å². The van der Waals surface area contributed by atoms with E-state index in [-0.39, 0.29) is 5.91 Å². The molecule has 0 aliphatic heterocycles. The van der Waals surface area contributed by atoms with Gasteiger partial charge in [0.25, 0.3) is 5.91 Å². The van der Waals surface area contributed by atoms with Gasteiger partial charge in [-0.05, 0) is 22.9 Å². The number of fused-ring (bicyclic) bond motifs is 1. The van der Waals surface area contributed by atoms with Crippen LogP contribution in [0.5, 0.6) is 0 Å². The number of hydrogen-bond donors (Lipinski definition) is 0. The maximum absolute atomic E-state index is 12.1. The first-order chi connectivity index (χ1) is 9.24. The Bertz CT molecular complexity index is 814. The summed E-state index contributed by atoms with van der Waals surface area (Å²) in [6.45, 7) is 0. The number of rotatable bonds is 1. The van der Waals surface area contributed by atoms with Crippen LogP contribution in [0.4, 0.5) is 0 Å². The summed E-state index contributed by atoms with van der Waals surface area (Å²) in [7, 11) is 1.88. The molecule has 1 amide bonds. The molecule has 4 heteroatoms. The van der Waals surface area contributed by atoms with Crippen LogP contribution in [-0.2, 0) is 7.05 Å². The minimum atomic E-state index is -0.205. The molecule has 0 saturated heterocycles. The van der Waals surface area contributed by atoms with Crippen molar-refractivity contribution in [3.05, 3.63) is 64.4 Å². The minimum Gasteiger partial charge on any atom is -0.327 e. The molecule has 1 heterocycles. The third-order valence-electron chi connectivity index (χ3n) is 2.95. The standard InChI is InChI=1S/C15H12N2OS/c1-17-8-9-19-15(17)16-14(18)13-7-6-11-4-2-3-5-12(11)10-13/h2-10H,1H3. The fraction of sp³-hybridized carbons (Fsp3) is 0.0667. The molecule has 0 spiro atoms. The summed E-state index contributed by atoms with van der Waals surface area (Å²) < 4.78 is 1.84. The molecule has 0 atom stereocenters. The van der Waals surface area contributed by atoms with Gasteiger partial charge < -0.3 is 4.57 Å². The monoisotopic (exact) mass is 268 g/mol. The Balaban J connectivity index is 2.05. The molecule has 3 aromatic rings. The van der Waals surface area contributed by atoms with E-state index in [9.17, 15) is 4.79 Å². The van der Waals surface area contributed by atoms with Gasteiger partial charge >= 0.3 is 0 Å². The molecular formula is C15H12N2OS. The highest BCUT2D eigenvalue weighted by molar-refractivity contribution is 7.07. The summed E-state index contributed by atoms with van der Waals surface area (Å²) >= 11 is 1.45. The van der Waals surface area contributed by atoms with Crippen molar-refractivity contribution in [2.45, 2.75) is 0 Å². The Morgan fingerprint density at radius 1 is 1.16 bits per heavy atom. The fourth-order valence-corrected chi connectivity index (χ4v) is 2.64. The van der Waals surface area contributed by atoms with Crippen LogP contribution in [0.1, 0.15) is 10.4 Å². The van der Waals surface area contributed by atoms with Gasteiger partial charge in [0.2, 0.25) is 0 Å². The molecule has 0 fully saturated rings. The summed E-state index contributed by atoms with van der Waals surface area (Å²) in [4.78, 5) is 17.0. The maximum atomic E-state index is 12.1. The summed E-state index contributed by atoms with van der Waals surface area (Å²) in [5.41, 5.74) is 0.618. The molecule has 2 aromatic carbocycles. The highest BCUT2D eigenvalue weighted by atomic mass is 32.1. The molecule has 94 valence electrons. The smallest absolute Gasteiger partial charge is 0.279 e. The van der Waals surface area contributed by atoms with Crippen molar-refractivity contribution >= 4 is 28.0 Å². The maximum Gasteiger partial charge on any atom is 0.279 e. The zero-order chi connectivity index (χ0) is 13.2. The molecular weight excluding hydrogens is 256 g/mol. The van der Waals surface area contributed by atoms with Gasteiger partial charge in [-0.3, -0.25) is 4.79 Å². The summed E-state index contributed by atoms with van der Waals surface area (Å²) in [5, 5.41) is 4.09. The van der Waals surface area contributed by atoms with Gasteiger partial charge in [0, 0.05) is 24.2 Å². The predicted molar refractivity (Wildman–Crippen MR) is 77.1 cm³/mol. The Morgan fingerprint density at radius 2 is 1.95 bits per heavy atom. The van der Waals surface area contributed by atoms with E-state index in [1.165, 1.54) is 11.3 Å². The third kappa shape index (κ3) is 2.35. The topological polar surface area (TPSA) is 34.4 Å². The second kappa shape index (κ2) is 4.82. The number of thiazole rings is 1. The first-order valence-electron chi connectivity index (χ1n) is 5.92. The quantitative estimate of drug-likeness (QED) is 0.668. The second-order valence-electron chi connectivity index (χ2n) is 4.28. The van der Waals surface area contributed by atoms with Gasteiger partial charge in [-0.1, -0.05) is 30.3 Å².